The Kier molecular flexibility index (Phi) is 3.90. The Morgan fingerprint density at radius 3 is 3.00 bits per heavy atom. The van der Waals surface area contributed by atoms with Gasteiger partial charge in [-0.3, -0.25) is 4.79 Å². The second kappa shape index (κ2) is 5.95. The minimum absolute atomic E-state index is 0.0440. The van der Waals surface area contributed by atoms with Gasteiger partial charge in [-0.05, 0) is 18.2 Å². The molecule has 0 spiro atoms. The van der Waals surface area contributed by atoms with Gasteiger partial charge in [0.2, 0.25) is 5.78 Å². The summed E-state index contributed by atoms with van der Waals surface area (Å²) in [6, 6.07) is 9.52. The van der Waals surface area contributed by atoms with E-state index < -0.39 is 0 Å². The molecule has 6 heteroatoms. The van der Waals surface area contributed by atoms with E-state index >= 15 is 0 Å². The van der Waals surface area contributed by atoms with Crippen molar-refractivity contribution in [3.63, 3.8) is 0 Å². The number of thiophene rings is 1. The van der Waals surface area contributed by atoms with Gasteiger partial charge in [-0.15, -0.1) is 11.3 Å². The average Bonchev–Trinajstić information content (AvgIpc) is 2.88. The maximum absolute atomic E-state index is 12.8. The number of carbonyl (C=O) groups is 1. The first-order chi connectivity index (χ1) is 11.5. The van der Waals surface area contributed by atoms with Crippen LogP contribution in [0.2, 0.25) is 0 Å². The molecular weight excluding hydrogens is 386 g/mol. The van der Waals surface area contributed by atoms with Crippen molar-refractivity contribution in [2.75, 3.05) is 19.3 Å². The average molecular weight is 403 g/mol. The molecule has 0 radical (unpaired) electrons. The summed E-state index contributed by atoms with van der Waals surface area (Å²) in [6.07, 6.45) is 0.976. The van der Waals surface area contributed by atoms with Crippen LogP contribution >= 0.6 is 27.3 Å². The number of carbonyl (C=O) groups excluding carboxylic acids is 1. The number of pyridine rings is 1. The lowest BCUT2D eigenvalue weighted by Gasteiger charge is -2.21. The molecule has 1 atom stereocenters. The fraction of sp³-hybridized carbons (Fsp3) is 0.222. The summed E-state index contributed by atoms with van der Waals surface area (Å²) in [7, 11) is 2.19. The van der Waals surface area contributed by atoms with Crippen LogP contribution in [0.4, 0.5) is 5.69 Å². The molecule has 1 aliphatic heterocycles. The van der Waals surface area contributed by atoms with Gasteiger partial charge in [0.15, 0.2) is 0 Å². The number of nitrogens with zero attached hydrogens (tertiary/aromatic N) is 1. The first-order valence-corrected chi connectivity index (χ1v) is 9.46. The van der Waals surface area contributed by atoms with Crippen LogP contribution in [0.1, 0.15) is 26.5 Å². The van der Waals surface area contributed by atoms with E-state index in [-0.39, 0.29) is 5.78 Å². The van der Waals surface area contributed by atoms with Crippen LogP contribution in [-0.4, -0.2) is 24.4 Å². The van der Waals surface area contributed by atoms with E-state index in [4.69, 9.17) is 10.7 Å². The molecule has 0 amide bonds. The van der Waals surface area contributed by atoms with Gasteiger partial charge in [-0.1, -0.05) is 28.1 Å². The van der Waals surface area contributed by atoms with Crippen LogP contribution in [-0.2, 0) is 13.0 Å². The molecule has 0 fully saturated rings. The Balaban J connectivity index is 1.82. The van der Waals surface area contributed by atoms with Gasteiger partial charge in [0, 0.05) is 27.4 Å². The molecular formula is C18H17BrN3OS+. The largest absolute Gasteiger partial charge is 0.397 e. The summed E-state index contributed by atoms with van der Waals surface area (Å²) < 4.78 is 0.882. The molecule has 0 bridgehead atoms. The van der Waals surface area contributed by atoms with Crippen LogP contribution in [0.5, 0.6) is 0 Å². The molecule has 0 saturated carbocycles. The minimum Gasteiger partial charge on any atom is -0.397 e. The van der Waals surface area contributed by atoms with Gasteiger partial charge in [0.25, 0.3) is 0 Å². The van der Waals surface area contributed by atoms with Crippen molar-refractivity contribution in [3.8, 4) is 0 Å². The number of hydrogen-bond donors (Lipinski definition) is 2. The molecule has 4 nitrogen and oxygen atoms in total. The predicted octanol–water partition coefficient (Wildman–Crippen LogP) is 2.44. The number of nitrogens with two attached hydrogens (primary N) is 1. The predicted molar refractivity (Wildman–Crippen MR) is 101 cm³/mol. The lowest BCUT2D eigenvalue weighted by molar-refractivity contribution is -0.895. The molecule has 3 N–H and O–H groups in total. The van der Waals surface area contributed by atoms with Crippen molar-refractivity contribution in [2.24, 2.45) is 0 Å². The van der Waals surface area contributed by atoms with Crippen molar-refractivity contribution in [3.05, 3.63) is 56.5 Å². The summed E-state index contributed by atoms with van der Waals surface area (Å²) in [6.45, 7) is 2.05. The Labute approximate surface area is 152 Å². The quantitative estimate of drug-likeness (QED) is 0.647. The van der Waals surface area contributed by atoms with Gasteiger partial charge in [0.1, 0.15) is 16.3 Å². The SMILES string of the molecule is C[NH+]1CCc2nc3sc(C(=O)c4cccc(Br)c4)c(N)c3cc2C1. The Hall–Kier alpha value is -1.76. The number of aromatic nitrogens is 1. The molecule has 24 heavy (non-hydrogen) atoms. The summed E-state index contributed by atoms with van der Waals surface area (Å²) in [5, 5.41) is 0.909. The first kappa shape index (κ1) is 15.7. The highest BCUT2D eigenvalue weighted by Crippen LogP contribution is 2.35. The monoisotopic (exact) mass is 402 g/mol. The van der Waals surface area contributed by atoms with Gasteiger partial charge in [0.05, 0.1) is 25.0 Å². The number of quaternary nitrogens is 1. The fourth-order valence-electron chi connectivity index (χ4n) is 3.16. The Bertz CT molecular complexity index is 966. The van der Waals surface area contributed by atoms with Gasteiger partial charge < -0.3 is 10.6 Å². The van der Waals surface area contributed by atoms with E-state index in [1.54, 1.807) is 0 Å². The number of halogens is 1. The zero-order valence-electron chi connectivity index (χ0n) is 13.2. The van der Waals surface area contributed by atoms with E-state index in [0.717, 1.165) is 39.9 Å². The number of rotatable bonds is 2. The van der Waals surface area contributed by atoms with Crippen LogP contribution in [0, 0.1) is 0 Å². The molecule has 3 heterocycles. The lowest BCUT2D eigenvalue weighted by Crippen LogP contribution is -3.08. The van der Waals surface area contributed by atoms with Crippen molar-refractivity contribution in [1.29, 1.82) is 0 Å². The number of likely N-dealkylation sites (N-methyl/N-ethyl adjacent to an activating group) is 1. The molecule has 0 saturated heterocycles. The summed E-state index contributed by atoms with van der Waals surface area (Å²) in [5.74, 6) is -0.0440. The van der Waals surface area contributed by atoms with Crippen molar-refractivity contribution >= 4 is 49.0 Å². The third kappa shape index (κ3) is 2.64. The van der Waals surface area contributed by atoms with E-state index in [0.29, 0.717) is 16.1 Å². The molecule has 1 aromatic carbocycles. The normalized spacial score (nSPS) is 17.0. The number of benzene rings is 1. The molecule has 3 aromatic rings. The van der Waals surface area contributed by atoms with E-state index in [1.165, 1.54) is 21.8 Å². The van der Waals surface area contributed by atoms with Gasteiger partial charge in [-0.25, -0.2) is 4.98 Å². The number of ketones is 1. The third-order valence-corrected chi connectivity index (χ3v) is 6.07. The van der Waals surface area contributed by atoms with Gasteiger partial charge >= 0.3 is 0 Å². The second-order valence-electron chi connectivity index (χ2n) is 6.27. The maximum atomic E-state index is 12.8. The number of hydrogen-bond acceptors (Lipinski definition) is 4. The topological polar surface area (TPSA) is 60.4 Å². The van der Waals surface area contributed by atoms with Crippen LogP contribution in [0.3, 0.4) is 0 Å². The maximum Gasteiger partial charge on any atom is 0.205 e. The zero-order chi connectivity index (χ0) is 16.8. The molecule has 0 aliphatic carbocycles. The summed E-state index contributed by atoms with van der Waals surface area (Å²) in [4.78, 5) is 20.6. The number of anilines is 1. The third-order valence-electron chi connectivity index (χ3n) is 4.46. The molecule has 1 unspecified atom stereocenters. The van der Waals surface area contributed by atoms with Crippen LogP contribution in [0.15, 0.2) is 34.8 Å². The number of nitrogens with one attached hydrogen (secondary N) is 1. The first-order valence-electron chi connectivity index (χ1n) is 7.85. The number of fused-ring (bicyclic) bond motifs is 2. The standard InChI is InChI=1S/C18H16BrN3OS/c1-22-6-5-14-11(9-22)8-13-15(20)17(24-18(13)21-14)16(23)10-3-2-4-12(19)7-10/h2-4,7-8H,5-6,9,20H2,1H3/p+1. The molecule has 1 aliphatic rings. The summed E-state index contributed by atoms with van der Waals surface area (Å²) >= 11 is 4.81. The lowest BCUT2D eigenvalue weighted by atomic mass is 10.0. The Morgan fingerprint density at radius 2 is 2.21 bits per heavy atom. The highest BCUT2D eigenvalue weighted by Gasteiger charge is 2.23. The minimum atomic E-state index is -0.0440. The fourth-order valence-corrected chi connectivity index (χ4v) is 4.62. The van der Waals surface area contributed by atoms with E-state index in [2.05, 4.69) is 29.0 Å². The Morgan fingerprint density at radius 1 is 1.38 bits per heavy atom. The van der Waals surface area contributed by atoms with E-state index in [1.807, 2.05) is 24.3 Å². The molecule has 2 aromatic heterocycles. The second-order valence-corrected chi connectivity index (χ2v) is 8.18. The molecule has 4 rings (SSSR count). The van der Waals surface area contributed by atoms with Crippen LogP contribution < -0.4 is 10.6 Å². The zero-order valence-corrected chi connectivity index (χ0v) is 15.6. The molecule has 122 valence electrons. The highest BCUT2D eigenvalue weighted by atomic mass is 79.9. The van der Waals surface area contributed by atoms with Crippen molar-refractivity contribution < 1.29 is 9.69 Å². The smallest absolute Gasteiger partial charge is 0.205 e. The summed E-state index contributed by atoms with van der Waals surface area (Å²) in [5.41, 5.74) is 9.90. The number of nitrogen functional groups attached to an aromatic ring is 1. The van der Waals surface area contributed by atoms with Crippen molar-refractivity contribution in [2.45, 2.75) is 13.0 Å². The van der Waals surface area contributed by atoms with Gasteiger partial charge in [-0.2, -0.15) is 0 Å². The van der Waals surface area contributed by atoms with Crippen molar-refractivity contribution in [1.82, 2.24) is 4.98 Å². The highest BCUT2D eigenvalue weighted by molar-refractivity contribution is 9.10. The van der Waals surface area contributed by atoms with Crippen LogP contribution in [0.25, 0.3) is 10.2 Å². The van der Waals surface area contributed by atoms with E-state index in [9.17, 15) is 4.79 Å².